The summed E-state index contributed by atoms with van der Waals surface area (Å²) < 4.78 is 1.93. The minimum absolute atomic E-state index is 0.0722. The molecule has 7 heteroatoms. The molecule has 2 heterocycles. The zero-order valence-corrected chi connectivity index (χ0v) is 13.5. The first-order chi connectivity index (χ1) is 11.2. The van der Waals surface area contributed by atoms with Gasteiger partial charge in [-0.05, 0) is 30.0 Å². The van der Waals surface area contributed by atoms with Crippen LogP contribution in [0, 0.1) is 0 Å². The van der Waals surface area contributed by atoms with Crippen LogP contribution < -0.4 is 5.32 Å². The molecular formula is C16H18ClN5O. The van der Waals surface area contributed by atoms with E-state index in [1.807, 2.05) is 23.0 Å². The smallest absolute Gasteiger partial charge is 0.234 e. The van der Waals surface area contributed by atoms with Crippen molar-refractivity contribution in [2.45, 2.75) is 25.4 Å². The second kappa shape index (κ2) is 5.94. The number of nitrogens with zero attached hydrogens (tertiary/aromatic N) is 4. The fraction of sp³-hybridized carbons (Fsp3) is 0.438. The molecular weight excluding hydrogens is 314 g/mol. The Morgan fingerprint density at radius 1 is 1.39 bits per heavy atom. The standard InChI is InChI=1S/C16H18ClN5O/c17-14-3-1-2-13-12(14)4-5-15(13)22-9-11(19-20-22)8-21-7-6-18-16(23)10-21/h1-3,9,15H,4-8,10H2,(H,18,23). The van der Waals surface area contributed by atoms with Crippen LogP contribution in [0.5, 0.6) is 0 Å². The van der Waals surface area contributed by atoms with E-state index in [0.29, 0.717) is 19.6 Å². The predicted octanol–water partition coefficient (Wildman–Crippen LogP) is 1.40. The minimum Gasteiger partial charge on any atom is -0.354 e. The van der Waals surface area contributed by atoms with Crippen LogP contribution >= 0.6 is 11.6 Å². The number of benzene rings is 1. The molecule has 120 valence electrons. The van der Waals surface area contributed by atoms with Crippen molar-refractivity contribution in [3.63, 3.8) is 0 Å². The van der Waals surface area contributed by atoms with Crippen molar-refractivity contribution < 1.29 is 4.79 Å². The lowest BCUT2D eigenvalue weighted by molar-refractivity contribution is -0.124. The molecule has 0 bridgehead atoms. The van der Waals surface area contributed by atoms with Gasteiger partial charge in [-0.3, -0.25) is 9.69 Å². The van der Waals surface area contributed by atoms with Gasteiger partial charge >= 0.3 is 0 Å². The van der Waals surface area contributed by atoms with Gasteiger partial charge < -0.3 is 5.32 Å². The minimum atomic E-state index is 0.0722. The van der Waals surface area contributed by atoms with Gasteiger partial charge in [-0.15, -0.1) is 5.10 Å². The molecule has 1 fully saturated rings. The van der Waals surface area contributed by atoms with E-state index in [9.17, 15) is 4.79 Å². The largest absolute Gasteiger partial charge is 0.354 e. The van der Waals surface area contributed by atoms with Gasteiger partial charge in [0.25, 0.3) is 0 Å². The normalized spacial score (nSPS) is 21.3. The number of carbonyl (C=O) groups excluding carboxylic acids is 1. The lowest BCUT2D eigenvalue weighted by atomic mass is 10.1. The highest BCUT2D eigenvalue weighted by atomic mass is 35.5. The summed E-state index contributed by atoms with van der Waals surface area (Å²) in [6, 6.07) is 6.25. The second-order valence-electron chi connectivity index (χ2n) is 6.11. The number of hydrogen-bond donors (Lipinski definition) is 1. The van der Waals surface area contributed by atoms with Crippen LogP contribution in [0.2, 0.25) is 5.02 Å². The molecule has 1 N–H and O–H groups in total. The van der Waals surface area contributed by atoms with Crippen molar-refractivity contribution in [1.82, 2.24) is 25.2 Å². The number of fused-ring (bicyclic) bond motifs is 1. The highest BCUT2D eigenvalue weighted by Crippen LogP contribution is 2.37. The summed E-state index contributed by atoms with van der Waals surface area (Å²) in [6.45, 7) is 2.62. The van der Waals surface area contributed by atoms with Crippen molar-refractivity contribution in [3.05, 3.63) is 46.2 Å². The molecule has 23 heavy (non-hydrogen) atoms. The Labute approximate surface area is 139 Å². The van der Waals surface area contributed by atoms with Crippen LogP contribution in [0.4, 0.5) is 0 Å². The van der Waals surface area contributed by atoms with Crippen molar-refractivity contribution in [2.24, 2.45) is 0 Å². The fourth-order valence-corrected chi connectivity index (χ4v) is 3.73. The first-order valence-corrected chi connectivity index (χ1v) is 8.25. The molecule has 1 aliphatic carbocycles. The molecule has 1 saturated heterocycles. The third kappa shape index (κ3) is 2.84. The number of hydrogen-bond acceptors (Lipinski definition) is 4. The number of aromatic nitrogens is 3. The summed E-state index contributed by atoms with van der Waals surface area (Å²) in [5.74, 6) is 0.0722. The Morgan fingerprint density at radius 3 is 3.17 bits per heavy atom. The summed E-state index contributed by atoms with van der Waals surface area (Å²) in [6.07, 6.45) is 3.96. The number of amides is 1. The van der Waals surface area contributed by atoms with Gasteiger partial charge in [-0.25, -0.2) is 4.68 Å². The third-order valence-electron chi connectivity index (χ3n) is 4.56. The van der Waals surface area contributed by atoms with E-state index >= 15 is 0 Å². The Kier molecular flexibility index (Phi) is 3.79. The van der Waals surface area contributed by atoms with E-state index in [0.717, 1.165) is 30.1 Å². The maximum atomic E-state index is 11.4. The monoisotopic (exact) mass is 331 g/mol. The van der Waals surface area contributed by atoms with Crippen LogP contribution in [0.1, 0.15) is 29.3 Å². The van der Waals surface area contributed by atoms with E-state index < -0.39 is 0 Å². The van der Waals surface area contributed by atoms with E-state index in [-0.39, 0.29) is 11.9 Å². The highest BCUT2D eigenvalue weighted by Gasteiger charge is 2.27. The molecule has 2 aromatic rings. The van der Waals surface area contributed by atoms with Gasteiger partial charge in [0, 0.05) is 24.7 Å². The second-order valence-corrected chi connectivity index (χ2v) is 6.52. The van der Waals surface area contributed by atoms with Crippen LogP contribution in [0.15, 0.2) is 24.4 Å². The molecule has 1 aromatic carbocycles. The first kappa shape index (κ1) is 14.7. The molecule has 0 saturated carbocycles. The SMILES string of the molecule is O=C1CN(Cc2cn(C3CCc4c(Cl)cccc43)nn2)CCN1. The highest BCUT2D eigenvalue weighted by molar-refractivity contribution is 6.31. The van der Waals surface area contributed by atoms with Gasteiger partial charge in [0.05, 0.1) is 24.5 Å². The molecule has 1 unspecified atom stereocenters. The number of carbonyl (C=O) groups is 1. The van der Waals surface area contributed by atoms with E-state index in [4.69, 9.17) is 11.6 Å². The van der Waals surface area contributed by atoms with Crippen LogP contribution in [-0.2, 0) is 17.8 Å². The van der Waals surface area contributed by atoms with Crippen molar-refractivity contribution in [2.75, 3.05) is 19.6 Å². The summed E-state index contributed by atoms with van der Waals surface area (Å²) in [5.41, 5.74) is 3.37. The number of halogens is 1. The molecule has 1 atom stereocenters. The quantitative estimate of drug-likeness (QED) is 0.923. The van der Waals surface area contributed by atoms with E-state index in [1.165, 1.54) is 11.1 Å². The molecule has 2 aliphatic rings. The van der Waals surface area contributed by atoms with E-state index in [2.05, 4.69) is 26.6 Å². The van der Waals surface area contributed by atoms with Gasteiger partial charge in [0.15, 0.2) is 0 Å². The van der Waals surface area contributed by atoms with Gasteiger partial charge in [-0.2, -0.15) is 0 Å². The van der Waals surface area contributed by atoms with Gasteiger partial charge in [0.2, 0.25) is 5.91 Å². The summed E-state index contributed by atoms with van der Waals surface area (Å²) in [5, 5.41) is 12.3. The Balaban J connectivity index is 1.51. The summed E-state index contributed by atoms with van der Waals surface area (Å²) in [7, 11) is 0. The maximum Gasteiger partial charge on any atom is 0.234 e. The van der Waals surface area contributed by atoms with Crippen LogP contribution in [-0.4, -0.2) is 45.4 Å². The molecule has 6 nitrogen and oxygen atoms in total. The Morgan fingerprint density at radius 2 is 2.30 bits per heavy atom. The fourth-order valence-electron chi connectivity index (χ4n) is 3.46. The molecule has 0 radical (unpaired) electrons. The maximum absolute atomic E-state index is 11.4. The van der Waals surface area contributed by atoms with Gasteiger partial charge in [0.1, 0.15) is 0 Å². The van der Waals surface area contributed by atoms with Crippen molar-refractivity contribution in [3.8, 4) is 0 Å². The first-order valence-electron chi connectivity index (χ1n) is 7.88. The Hall–Kier alpha value is -1.92. The molecule has 0 spiro atoms. The molecule has 1 amide bonds. The third-order valence-corrected chi connectivity index (χ3v) is 4.92. The number of piperazine rings is 1. The van der Waals surface area contributed by atoms with Gasteiger partial charge in [-0.1, -0.05) is 28.9 Å². The number of rotatable bonds is 3. The zero-order chi connectivity index (χ0) is 15.8. The summed E-state index contributed by atoms with van der Waals surface area (Å²) >= 11 is 6.28. The van der Waals surface area contributed by atoms with Crippen molar-refractivity contribution in [1.29, 1.82) is 0 Å². The Bertz CT molecular complexity index is 744. The molecule has 1 aliphatic heterocycles. The molecule has 4 rings (SSSR count). The van der Waals surface area contributed by atoms with E-state index in [1.54, 1.807) is 0 Å². The topological polar surface area (TPSA) is 63.1 Å². The lowest BCUT2D eigenvalue weighted by Crippen LogP contribution is -2.47. The zero-order valence-electron chi connectivity index (χ0n) is 12.7. The average molecular weight is 332 g/mol. The summed E-state index contributed by atoms with van der Waals surface area (Å²) in [4.78, 5) is 13.5. The van der Waals surface area contributed by atoms with Crippen molar-refractivity contribution >= 4 is 17.5 Å². The molecule has 1 aromatic heterocycles. The number of nitrogens with one attached hydrogen (secondary N) is 1. The lowest BCUT2D eigenvalue weighted by Gasteiger charge is -2.25. The predicted molar refractivity (Wildman–Crippen MR) is 86.2 cm³/mol. The van der Waals surface area contributed by atoms with Crippen LogP contribution in [0.25, 0.3) is 0 Å². The van der Waals surface area contributed by atoms with Crippen LogP contribution in [0.3, 0.4) is 0 Å². The average Bonchev–Trinajstić information content (AvgIpc) is 3.14.